The van der Waals surface area contributed by atoms with Crippen LogP contribution < -0.4 is 5.32 Å². The molecule has 7 heteroatoms. The summed E-state index contributed by atoms with van der Waals surface area (Å²) in [5.41, 5.74) is 0. The van der Waals surface area contributed by atoms with E-state index in [-0.39, 0.29) is 11.9 Å². The largest absolute Gasteiger partial charge is 0.352 e. The van der Waals surface area contributed by atoms with Crippen LogP contribution in [0, 0.1) is 0 Å². The van der Waals surface area contributed by atoms with Gasteiger partial charge in [-0.2, -0.15) is 17.0 Å². The van der Waals surface area contributed by atoms with E-state index in [1.165, 1.54) is 4.31 Å². The van der Waals surface area contributed by atoms with Crippen LogP contribution in [0.1, 0.15) is 51.4 Å². The van der Waals surface area contributed by atoms with Crippen molar-refractivity contribution in [3.8, 4) is 0 Å². The molecular weight excluding hydrogens is 290 g/mol. The number of nitrogens with zero attached hydrogens (tertiary/aromatic N) is 2. The Morgan fingerprint density at radius 3 is 2.19 bits per heavy atom. The van der Waals surface area contributed by atoms with Crippen molar-refractivity contribution in [1.29, 1.82) is 0 Å². The van der Waals surface area contributed by atoms with E-state index in [9.17, 15) is 13.2 Å². The molecule has 2 aliphatic heterocycles. The van der Waals surface area contributed by atoms with Crippen LogP contribution in [0.15, 0.2) is 0 Å². The fraction of sp³-hybridized carbons (Fsp3) is 0.929. The van der Waals surface area contributed by atoms with Gasteiger partial charge in [0.25, 0.3) is 10.2 Å². The van der Waals surface area contributed by atoms with E-state index < -0.39 is 16.3 Å². The summed E-state index contributed by atoms with van der Waals surface area (Å²) in [4.78, 5) is 12.3. The zero-order valence-electron chi connectivity index (χ0n) is 12.5. The topological polar surface area (TPSA) is 69.7 Å². The molecule has 21 heavy (non-hydrogen) atoms. The van der Waals surface area contributed by atoms with Crippen LogP contribution in [0.2, 0.25) is 0 Å². The lowest BCUT2D eigenvalue weighted by Crippen LogP contribution is -2.51. The van der Waals surface area contributed by atoms with Gasteiger partial charge in [0.2, 0.25) is 5.91 Å². The Balaban J connectivity index is 1.71. The lowest BCUT2D eigenvalue weighted by molar-refractivity contribution is -0.124. The Morgan fingerprint density at radius 2 is 1.57 bits per heavy atom. The predicted molar refractivity (Wildman–Crippen MR) is 79.9 cm³/mol. The lowest BCUT2D eigenvalue weighted by atomic mass is 10.2. The van der Waals surface area contributed by atoms with Crippen molar-refractivity contribution < 1.29 is 13.2 Å². The van der Waals surface area contributed by atoms with Gasteiger partial charge in [0.05, 0.1) is 0 Å². The van der Waals surface area contributed by atoms with Crippen LogP contribution in [-0.4, -0.2) is 54.7 Å². The van der Waals surface area contributed by atoms with Crippen molar-refractivity contribution in [3.63, 3.8) is 0 Å². The SMILES string of the molecule is O=C(NC1CC1)[C@@H]1CCCN1S(=O)(=O)N1CCCCCC1. The van der Waals surface area contributed by atoms with E-state index in [1.54, 1.807) is 4.31 Å². The van der Waals surface area contributed by atoms with E-state index in [0.29, 0.717) is 26.1 Å². The lowest BCUT2D eigenvalue weighted by Gasteiger charge is -2.29. The Kier molecular flexibility index (Phi) is 4.51. The molecule has 6 nitrogen and oxygen atoms in total. The molecule has 1 atom stereocenters. The molecule has 2 heterocycles. The average molecular weight is 315 g/mol. The maximum absolute atomic E-state index is 12.8. The van der Waals surface area contributed by atoms with Crippen molar-refractivity contribution >= 4 is 16.1 Å². The summed E-state index contributed by atoms with van der Waals surface area (Å²) in [5.74, 6) is -0.103. The predicted octanol–water partition coefficient (Wildman–Crippen LogP) is 0.850. The van der Waals surface area contributed by atoms with Gasteiger partial charge < -0.3 is 5.32 Å². The highest BCUT2D eigenvalue weighted by molar-refractivity contribution is 7.86. The number of nitrogens with one attached hydrogen (secondary N) is 1. The normalized spacial score (nSPS) is 29.2. The summed E-state index contributed by atoms with van der Waals surface area (Å²) in [5, 5.41) is 2.95. The van der Waals surface area contributed by atoms with Crippen molar-refractivity contribution in [1.82, 2.24) is 13.9 Å². The van der Waals surface area contributed by atoms with Gasteiger partial charge >= 0.3 is 0 Å². The zero-order valence-corrected chi connectivity index (χ0v) is 13.3. The molecule has 2 saturated heterocycles. The first-order valence-corrected chi connectivity index (χ1v) is 9.56. The number of hydrogen-bond donors (Lipinski definition) is 1. The number of carbonyl (C=O) groups excluding carboxylic acids is 1. The van der Waals surface area contributed by atoms with Crippen molar-refractivity contribution in [2.75, 3.05) is 19.6 Å². The quantitative estimate of drug-likeness (QED) is 0.836. The van der Waals surface area contributed by atoms with Gasteiger partial charge in [0.1, 0.15) is 6.04 Å². The van der Waals surface area contributed by atoms with Gasteiger partial charge in [-0.3, -0.25) is 4.79 Å². The zero-order chi connectivity index (χ0) is 14.9. The van der Waals surface area contributed by atoms with E-state index in [0.717, 1.165) is 44.9 Å². The molecule has 0 aromatic rings. The highest BCUT2D eigenvalue weighted by Crippen LogP contribution is 2.27. The van der Waals surface area contributed by atoms with Gasteiger partial charge in [-0.1, -0.05) is 12.8 Å². The number of amides is 1. The fourth-order valence-electron chi connectivity index (χ4n) is 3.22. The van der Waals surface area contributed by atoms with Crippen molar-refractivity contribution in [2.45, 2.75) is 63.5 Å². The van der Waals surface area contributed by atoms with Crippen LogP contribution in [0.4, 0.5) is 0 Å². The molecule has 3 aliphatic rings. The minimum Gasteiger partial charge on any atom is -0.352 e. The van der Waals surface area contributed by atoms with Gasteiger partial charge in [-0.15, -0.1) is 0 Å². The molecule has 0 aromatic heterocycles. The second-order valence-corrected chi connectivity index (χ2v) is 8.25. The Hall–Kier alpha value is -0.660. The van der Waals surface area contributed by atoms with Crippen LogP contribution in [0.3, 0.4) is 0 Å². The summed E-state index contributed by atoms with van der Waals surface area (Å²) < 4.78 is 28.7. The molecular formula is C14H25N3O3S. The molecule has 0 aromatic carbocycles. The Bertz CT molecular complexity index is 482. The third-order valence-electron chi connectivity index (χ3n) is 4.62. The first kappa shape index (κ1) is 15.2. The minimum atomic E-state index is -3.49. The van der Waals surface area contributed by atoms with E-state index in [1.807, 2.05) is 0 Å². The smallest absolute Gasteiger partial charge is 0.282 e. The van der Waals surface area contributed by atoms with Gasteiger partial charge in [0, 0.05) is 25.7 Å². The summed E-state index contributed by atoms with van der Waals surface area (Å²) in [6.07, 6.45) is 7.50. The summed E-state index contributed by atoms with van der Waals surface area (Å²) in [6.45, 7) is 1.66. The molecule has 0 bridgehead atoms. The Morgan fingerprint density at radius 1 is 0.905 bits per heavy atom. The van der Waals surface area contributed by atoms with Gasteiger partial charge in [0.15, 0.2) is 0 Å². The standard InChI is InChI=1S/C14H25N3O3S/c18-14(15-12-7-8-12)13-6-5-11-17(13)21(19,20)16-9-3-1-2-4-10-16/h12-13H,1-11H2,(H,15,18)/t13-/m0/s1. The molecule has 1 amide bonds. The molecule has 1 saturated carbocycles. The molecule has 0 radical (unpaired) electrons. The molecule has 0 unspecified atom stereocenters. The average Bonchev–Trinajstić information content (AvgIpc) is 3.18. The molecule has 1 aliphatic carbocycles. The summed E-state index contributed by atoms with van der Waals surface area (Å²) in [7, 11) is -3.49. The highest BCUT2D eigenvalue weighted by atomic mass is 32.2. The maximum atomic E-state index is 12.8. The minimum absolute atomic E-state index is 0.103. The molecule has 1 N–H and O–H groups in total. The second-order valence-electron chi connectivity index (χ2n) is 6.37. The van der Waals surface area contributed by atoms with E-state index >= 15 is 0 Å². The fourth-order valence-corrected chi connectivity index (χ4v) is 5.12. The Labute approximate surface area is 127 Å². The molecule has 3 fully saturated rings. The van der Waals surface area contributed by atoms with Crippen LogP contribution in [0.5, 0.6) is 0 Å². The summed E-state index contributed by atoms with van der Waals surface area (Å²) >= 11 is 0. The number of carbonyl (C=O) groups is 1. The third-order valence-corrected chi connectivity index (χ3v) is 6.67. The summed E-state index contributed by atoms with van der Waals surface area (Å²) in [6, 6.07) is -0.223. The molecule has 0 spiro atoms. The second kappa shape index (κ2) is 6.22. The number of hydrogen-bond acceptors (Lipinski definition) is 3. The van der Waals surface area contributed by atoms with Crippen molar-refractivity contribution in [3.05, 3.63) is 0 Å². The van der Waals surface area contributed by atoms with E-state index in [2.05, 4.69) is 5.32 Å². The number of rotatable bonds is 4. The van der Waals surface area contributed by atoms with Crippen LogP contribution >= 0.6 is 0 Å². The van der Waals surface area contributed by atoms with Gasteiger partial charge in [-0.25, -0.2) is 0 Å². The molecule has 3 rings (SSSR count). The molecule has 120 valence electrons. The van der Waals surface area contributed by atoms with Crippen LogP contribution in [0.25, 0.3) is 0 Å². The van der Waals surface area contributed by atoms with Crippen LogP contribution in [-0.2, 0) is 15.0 Å². The first-order valence-electron chi connectivity index (χ1n) is 8.16. The first-order chi connectivity index (χ1) is 10.1. The van der Waals surface area contributed by atoms with Crippen molar-refractivity contribution in [2.24, 2.45) is 0 Å². The van der Waals surface area contributed by atoms with E-state index in [4.69, 9.17) is 0 Å². The maximum Gasteiger partial charge on any atom is 0.282 e. The monoisotopic (exact) mass is 315 g/mol. The highest BCUT2D eigenvalue weighted by Gasteiger charge is 2.42. The third kappa shape index (κ3) is 3.40. The van der Waals surface area contributed by atoms with Gasteiger partial charge in [-0.05, 0) is 38.5 Å².